The number of aromatic nitrogens is 1. The summed E-state index contributed by atoms with van der Waals surface area (Å²) in [5, 5.41) is 5.67. The number of amidine groups is 1. The van der Waals surface area contributed by atoms with Gasteiger partial charge in [-0.2, -0.15) is 12.6 Å². The summed E-state index contributed by atoms with van der Waals surface area (Å²) in [5.74, 6) is 1.85. The van der Waals surface area contributed by atoms with Crippen molar-refractivity contribution >= 4 is 46.2 Å². The van der Waals surface area contributed by atoms with Crippen LogP contribution in [0.4, 0.5) is 16.4 Å². The lowest BCUT2D eigenvalue weighted by Crippen LogP contribution is -2.55. The van der Waals surface area contributed by atoms with E-state index in [9.17, 15) is 0 Å². The highest BCUT2D eigenvalue weighted by Crippen LogP contribution is 2.39. The Balaban J connectivity index is 2.15. The second kappa shape index (κ2) is 6.90. The zero-order valence-corrected chi connectivity index (χ0v) is 15.1. The van der Waals surface area contributed by atoms with Gasteiger partial charge in [0.25, 0.3) is 0 Å². The Morgan fingerprint density at radius 3 is 2.83 bits per heavy atom. The molecule has 0 unspecified atom stereocenters. The Morgan fingerprint density at radius 2 is 2.13 bits per heavy atom. The maximum absolute atomic E-state index is 4.89. The number of thiazole rings is 1. The first kappa shape index (κ1) is 16.3. The van der Waals surface area contributed by atoms with E-state index in [0.717, 1.165) is 46.0 Å². The normalized spacial score (nSPS) is 13.0. The molecule has 23 heavy (non-hydrogen) atoms. The maximum atomic E-state index is 4.89. The van der Waals surface area contributed by atoms with Crippen LogP contribution in [0.2, 0.25) is 0 Å². The second-order valence-electron chi connectivity index (χ2n) is 5.72. The lowest BCUT2D eigenvalue weighted by atomic mass is 10.2. The number of nitrogens with zero attached hydrogens (tertiary/aromatic N) is 3. The van der Waals surface area contributed by atoms with E-state index in [1.165, 1.54) is 0 Å². The molecule has 0 bridgehead atoms. The number of thiol groups is 1. The molecule has 0 saturated carbocycles. The van der Waals surface area contributed by atoms with E-state index in [1.54, 1.807) is 11.3 Å². The predicted molar refractivity (Wildman–Crippen MR) is 100 cm³/mol. The Morgan fingerprint density at radius 1 is 1.35 bits per heavy atom. The van der Waals surface area contributed by atoms with Gasteiger partial charge in [0.15, 0.2) is 5.84 Å². The second-order valence-corrected chi connectivity index (χ2v) is 7.03. The molecule has 2 heterocycles. The Kier molecular flexibility index (Phi) is 4.89. The molecule has 1 aromatic heterocycles. The quantitative estimate of drug-likeness (QED) is 0.588. The van der Waals surface area contributed by atoms with Gasteiger partial charge in [-0.05, 0) is 12.1 Å². The molecule has 4 N–H and O–H groups in total. The van der Waals surface area contributed by atoms with Crippen LogP contribution in [0.15, 0.2) is 29.3 Å². The summed E-state index contributed by atoms with van der Waals surface area (Å²) in [6.45, 7) is 5.92. The molecular weight excluding hydrogens is 326 g/mol. The first-order chi connectivity index (χ1) is 11.1. The molecule has 0 aliphatic carbocycles. The smallest absolute Gasteiger partial charge is 0.159 e. The van der Waals surface area contributed by atoms with Crippen LogP contribution in [-0.4, -0.2) is 34.7 Å². The molecule has 3 rings (SSSR count). The Bertz CT molecular complexity index is 723. The van der Waals surface area contributed by atoms with Gasteiger partial charge < -0.3 is 16.0 Å². The van der Waals surface area contributed by atoms with E-state index in [-0.39, 0.29) is 0 Å². The minimum Gasteiger partial charge on any atom is -0.356 e. The molecule has 0 spiro atoms. The summed E-state index contributed by atoms with van der Waals surface area (Å²) in [7, 11) is 0. The average molecular weight is 349 g/mol. The third kappa shape index (κ3) is 3.22. The maximum Gasteiger partial charge on any atom is 0.159 e. The highest BCUT2D eigenvalue weighted by molar-refractivity contribution is 7.80. The van der Waals surface area contributed by atoms with Crippen molar-refractivity contribution in [3.63, 3.8) is 0 Å². The number of rotatable bonds is 4. The van der Waals surface area contributed by atoms with Crippen LogP contribution in [0, 0.1) is 0 Å². The molecular formula is C16H22N5S2+. The molecule has 1 aliphatic rings. The zero-order chi connectivity index (χ0) is 16.4. The number of quaternary nitrogens is 1. The lowest BCUT2D eigenvalue weighted by Gasteiger charge is -2.21. The van der Waals surface area contributed by atoms with Crippen LogP contribution in [0.1, 0.15) is 30.5 Å². The standard InChI is InChI=1S/C16H21N5S2/c1-10(2)15-20-13-14(21(9-22)8-7-17)18-11-5-3-4-6-12(11)19-16(13)23-15/h3-6,10,19,22H,7-9,17H2,1-2H3/p+1. The number of hydrogen-bond acceptors (Lipinski definition) is 6. The topological polar surface area (TPSA) is 68.2 Å². The first-order valence-electron chi connectivity index (χ1n) is 7.75. The first-order valence-corrected chi connectivity index (χ1v) is 9.19. The van der Waals surface area contributed by atoms with Crippen LogP contribution in [0.5, 0.6) is 0 Å². The minimum atomic E-state index is 0.391. The van der Waals surface area contributed by atoms with E-state index in [2.05, 4.69) is 42.4 Å². The van der Waals surface area contributed by atoms with Gasteiger partial charge in [0.2, 0.25) is 0 Å². The van der Waals surface area contributed by atoms with Crippen molar-refractivity contribution in [2.75, 3.05) is 24.3 Å². The molecule has 0 fully saturated rings. The van der Waals surface area contributed by atoms with E-state index in [0.29, 0.717) is 11.8 Å². The van der Waals surface area contributed by atoms with Crippen LogP contribution in [0.25, 0.3) is 0 Å². The van der Waals surface area contributed by atoms with E-state index in [4.69, 9.17) is 9.98 Å². The number of hydrogen-bond donors (Lipinski definition) is 3. The van der Waals surface area contributed by atoms with Crippen LogP contribution in [0.3, 0.4) is 0 Å². The molecule has 0 radical (unpaired) electrons. The SMILES string of the molecule is CC(C)c1nc2c(s1)Nc1ccccc1N=C2N(CS)CC[NH3+]. The average Bonchev–Trinajstić information content (AvgIpc) is 2.90. The third-order valence-corrected chi connectivity index (χ3v) is 5.24. The number of benzene rings is 1. The molecule has 1 aromatic carbocycles. The monoisotopic (exact) mass is 348 g/mol. The van der Waals surface area contributed by atoms with Crippen molar-refractivity contribution < 1.29 is 5.73 Å². The van der Waals surface area contributed by atoms with Crippen molar-refractivity contribution in [3.8, 4) is 0 Å². The van der Waals surface area contributed by atoms with Gasteiger partial charge in [-0.1, -0.05) is 26.0 Å². The summed E-state index contributed by atoms with van der Waals surface area (Å²) in [5.41, 5.74) is 6.81. The van der Waals surface area contributed by atoms with Gasteiger partial charge in [-0.3, -0.25) is 0 Å². The summed E-state index contributed by atoms with van der Waals surface area (Å²) < 4.78 is 0. The molecule has 122 valence electrons. The highest BCUT2D eigenvalue weighted by Gasteiger charge is 2.25. The fraction of sp³-hybridized carbons (Fsp3) is 0.375. The number of para-hydroxylation sites is 2. The van der Waals surface area contributed by atoms with Crippen molar-refractivity contribution in [2.24, 2.45) is 4.99 Å². The van der Waals surface area contributed by atoms with E-state index >= 15 is 0 Å². The molecule has 2 aromatic rings. The van der Waals surface area contributed by atoms with Gasteiger partial charge in [0.05, 0.1) is 35.3 Å². The lowest BCUT2D eigenvalue weighted by molar-refractivity contribution is -0.367. The summed E-state index contributed by atoms with van der Waals surface area (Å²) >= 11 is 6.18. The van der Waals surface area contributed by atoms with E-state index < -0.39 is 0 Å². The fourth-order valence-electron chi connectivity index (χ4n) is 2.44. The van der Waals surface area contributed by atoms with Crippen LogP contribution >= 0.6 is 24.0 Å². The van der Waals surface area contributed by atoms with Crippen molar-refractivity contribution in [2.45, 2.75) is 19.8 Å². The summed E-state index contributed by atoms with van der Waals surface area (Å²) in [6.07, 6.45) is 0. The third-order valence-electron chi connectivity index (χ3n) is 3.63. The molecule has 5 nitrogen and oxygen atoms in total. The van der Waals surface area contributed by atoms with Gasteiger partial charge >= 0.3 is 0 Å². The highest BCUT2D eigenvalue weighted by atomic mass is 32.1. The summed E-state index contributed by atoms with van der Waals surface area (Å²) in [6, 6.07) is 8.08. The van der Waals surface area contributed by atoms with Crippen molar-refractivity contribution in [3.05, 3.63) is 35.0 Å². The Labute approximate surface area is 146 Å². The zero-order valence-electron chi connectivity index (χ0n) is 13.4. The number of nitrogens with one attached hydrogen (secondary N) is 1. The molecule has 0 saturated heterocycles. The summed E-state index contributed by atoms with van der Waals surface area (Å²) in [4.78, 5) is 11.9. The Hall–Kier alpha value is -1.57. The molecule has 0 atom stereocenters. The van der Waals surface area contributed by atoms with Gasteiger partial charge in [-0.15, -0.1) is 11.3 Å². The van der Waals surface area contributed by atoms with Gasteiger partial charge in [0.1, 0.15) is 10.7 Å². The fourth-order valence-corrected chi connectivity index (χ4v) is 3.69. The molecule has 7 heteroatoms. The largest absolute Gasteiger partial charge is 0.356 e. The number of fused-ring (bicyclic) bond motifs is 2. The minimum absolute atomic E-state index is 0.391. The number of aliphatic imine (C=N–C) groups is 1. The van der Waals surface area contributed by atoms with Crippen LogP contribution in [-0.2, 0) is 0 Å². The molecule has 0 amide bonds. The van der Waals surface area contributed by atoms with Crippen LogP contribution < -0.4 is 11.1 Å². The molecule has 1 aliphatic heterocycles. The van der Waals surface area contributed by atoms with E-state index in [1.807, 2.05) is 24.3 Å². The number of anilines is 2. The van der Waals surface area contributed by atoms with Crippen molar-refractivity contribution in [1.29, 1.82) is 0 Å². The predicted octanol–water partition coefficient (Wildman–Crippen LogP) is 2.83. The van der Waals surface area contributed by atoms with Gasteiger partial charge in [0, 0.05) is 5.92 Å². The van der Waals surface area contributed by atoms with Crippen molar-refractivity contribution in [1.82, 2.24) is 9.88 Å². The van der Waals surface area contributed by atoms with Gasteiger partial charge in [-0.25, -0.2) is 9.98 Å².